The molecule has 35 heavy (non-hydrogen) atoms. The summed E-state index contributed by atoms with van der Waals surface area (Å²) in [7, 11) is 1.80. The number of nitrogens with one attached hydrogen (secondary N) is 1. The smallest absolute Gasteiger partial charge is 0.220 e. The minimum Gasteiger partial charge on any atom is -0.493 e. The van der Waals surface area contributed by atoms with E-state index in [1.807, 2.05) is 12.3 Å². The van der Waals surface area contributed by atoms with Gasteiger partial charge in [0.2, 0.25) is 5.91 Å². The van der Waals surface area contributed by atoms with Crippen LogP contribution in [0.25, 0.3) is 0 Å². The van der Waals surface area contributed by atoms with E-state index in [1.165, 1.54) is 31.4 Å². The zero-order valence-corrected chi connectivity index (χ0v) is 21.6. The van der Waals surface area contributed by atoms with Crippen LogP contribution in [0.3, 0.4) is 0 Å². The fourth-order valence-corrected chi connectivity index (χ4v) is 6.63. The SMILES string of the molecule is CO[C@H]1CC[C@H](CC(=O)NC2CCC(CCN3CCN(c4nccc5c4CCO5)CC3)CC2)CC1. The van der Waals surface area contributed by atoms with Gasteiger partial charge < -0.3 is 19.7 Å². The highest BCUT2D eigenvalue weighted by Crippen LogP contribution is 2.33. The third-order valence-corrected chi connectivity index (χ3v) is 8.94. The number of methoxy groups -OCH3 is 1. The quantitative estimate of drug-likeness (QED) is 0.606. The lowest BCUT2D eigenvalue weighted by molar-refractivity contribution is -0.123. The molecule has 1 amide bonds. The fourth-order valence-electron chi connectivity index (χ4n) is 6.63. The first-order chi connectivity index (χ1) is 17.2. The van der Waals surface area contributed by atoms with Gasteiger partial charge in [-0.25, -0.2) is 4.98 Å². The molecule has 1 saturated heterocycles. The molecular weight excluding hydrogens is 440 g/mol. The number of carbonyl (C=O) groups is 1. The van der Waals surface area contributed by atoms with Crippen molar-refractivity contribution in [3.8, 4) is 5.75 Å². The minimum absolute atomic E-state index is 0.275. The molecule has 1 aromatic rings. The standard InChI is InChI=1S/C28H44N4O3/c1-34-24-8-4-22(5-9-24)20-27(33)30-23-6-2-21(3-7-23)11-14-31-15-17-32(18-16-31)28-25-12-19-35-26(25)10-13-29-28/h10,13,21-24H,2-9,11-12,14-20H2,1H3,(H,30,33)/t21?,22-,23?,24-. The monoisotopic (exact) mass is 484 g/mol. The van der Waals surface area contributed by atoms with Crippen LogP contribution in [0.15, 0.2) is 12.3 Å². The van der Waals surface area contributed by atoms with Crippen molar-refractivity contribution in [3.05, 3.63) is 17.8 Å². The maximum Gasteiger partial charge on any atom is 0.220 e. The number of hydrogen-bond acceptors (Lipinski definition) is 6. The van der Waals surface area contributed by atoms with E-state index in [0.717, 1.165) is 95.2 Å². The summed E-state index contributed by atoms with van der Waals surface area (Å²) in [6.07, 6.45) is 14.5. The van der Waals surface area contributed by atoms with Crippen LogP contribution in [0.1, 0.15) is 69.8 Å². The van der Waals surface area contributed by atoms with E-state index >= 15 is 0 Å². The Hall–Kier alpha value is -1.86. The molecule has 2 aliphatic carbocycles. The van der Waals surface area contributed by atoms with Gasteiger partial charge in [-0.15, -0.1) is 0 Å². The lowest BCUT2D eigenvalue weighted by atomic mass is 9.83. The summed E-state index contributed by atoms with van der Waals surface area (Å²) in [5.74, 6) is 3.80. The average Bonchev–Trinajstić information content (AvgIpc) is 3.38. The number of fused-ring (bicyclic) bond motifs is 1. The van der Waals surface area contributed by atoms with Crippen molar-refractivity contribution in [3.63, 3.8) is 0 Å². The van der Waals surface area contributed by atoms with E-state index in [-0.39, 0.29) is 5.91 Å². The minimum atomic E-state index is 0.275. The maximum absolute atomic E-state index is 12.6. The number of nitrogens with zero attached hydrogens (tertiary/aromatic N) is 3. The van der Waals surface area contributed by atoms with Crippen LogP contribution in [0, 0.1) is 11.8 Å². The summed E-state index contributed by atoms with van der Waals surface area (Å²) < 4.78 is 11.2. The maximum atomic E-state index is 12.6. The Labute approximate surface area is 210 Å². The molecule has 1 N–H and O–H groups in total. The molecule has 0 atom stereocenters. The van der Waals surface area contributed by atoms with Crippen molar-refractivity contribution < 1.29 is 14.3 Å². The summed E-state index contributed by atoms with van der Waals surface area (Å²) in [5.41, 5.74) is 1.29. The van der Waals surface area contributed by atoms with E-state index in [4.69, 9.17) is 9.47 Å². The van der Waals surface area contributed by atoms with Gasteiger partial charge in [-0.05, 0) is 82.2 Å². The Morgan fingerprint density at radius 2 is 1.80 bits per heavy atom. The summed E-state index contributed by atoms with van der Waals surface area (Å²) in [6, 6.07) is 2.39. The number of piperazine rings is 1. The van der Waals surface area contributed by atoms with E-state index < -0.39 is 0 Å². The van der Waals surface area contributed by atoms with Crippen molar-refractivity contribution in [2.75, 3.05) is 51.3 Å². The molecule has 0 aromatic carbocycles. The zero-order chi connectivity index (χ0) is 24.0. The lowest BCUT2D eigenvalue weighted by Gasteiger charge is -2.37. The molecule has 1 aromatic heterocycles. The summed E-state index contributed by atoms with van der Waals surface area (Å²) in [5, 5.41) is 3.35. The number of carbonyl (C=O) groups excluding carboxylic acids is 1. The highest BCUT2D eigenvalue weighted by atomic mass is 16.5. The summed E-state index contributed by atoms with van der Waals surface area (Å²) in [4.78, 5) is 22.3. The second kappa shape index (κ2) is 11.9. The number of amides is 1. The van der Waals surface area contributed by atoms with Crippen molar-refractivity contribution in [1.82, 2.24) is 15.2 Å². The Balaban J connectivity index is 0.963. The van der Waals surface area contributed by atoms with Crippen LogP contribution < -0.4 is 15.0 Å². The number of anilines is 1. The molecule has 3 heterocycles. The van der Waals surface area contributed by atoms with Gasteiger partial charge in [0.15, 0.2) is 0 Å². The molecule has 2 saturated carbocycles. The second-order valence-corrected chi connectivity index (χ2v) is 11.2. The van der Waals surface area contributed by atoms with E-state index in [2.05, 4.69) is 20.1 Å². The van der Waals surface area contributed by atoms with Gasteiger partial charge in [-0.3, -0.25) is 9.69 Å². The zero-order valence-electron chi connectivity index (χ0n) is 21.6. The molecule has 0 bridgehead atoms. The van der Waals surface area contributed by atoms with Gasteiger partial charge in [0.05, 0.1) is 12.7 Å². The van der Waals surface area contributed by atoms with Crippen LogP contribution in [0.5, 0.6) is 5.75 Å². The lowest BCUT2D eigenvalue weighted by Crippen LogP contribution is -2.47. The molecule has 4 aliphatic rings. The van der Waals surface area contributed by atoms with Crippen LogP contribution in [0.4, 0.5) is 5.82 Å². The first kappa shape index (κ1) is 24.8. The molecule has 0 radical (unpaired) electrons. The fraction of sp³-hybridized carbons (Fsp3) is 0.786. The van der Waals surface area contributed by atoms with Gasteiger partial charge in [-0.2, -0.15) is 0 Å². The van der Waals surface area contributed by atoms with Crippen molar-refractivity contribution >= 4 is 11.7 Å². The number of hydrogen-bond donors (Lipinski definition) is 1. The third-order valence-electron chi connectivity index (χ3n) is 8.94. The number of aromatic nitrogens is 1. The van der Waals surface area contributed by atoms with E-state index in [9.17, 15) is 4.79 Å². The van der Waals surface area contributed by atoms with Crippen molar-refractivity contribution in [2.45, 2.75) is 82.8 Å². The Morgan fingerprint density at radius 1 is 1.06 bits per heavy atom. The molecule has 0 unspecified atom stereocenters. The average molecular weight is 485 g/mol. The van der Waals surface area contributed by atoms with E-state index in [1.54, 1.807) is 7.11 Å². The van der Waals surface area contributed by atoms with Gasteiger partial charge in [-0.1, -0.05) is 0 Å². The first-order valence-electron chi connectivity index (χ1n) is 14.1. The Morgan fingerprint density at radius 3 is 2.54 bits per heavy atom. The molecule has 3 fully saturated rings. The molecule has 0 spiro atoms. The van der Waals surface area contributed by atoms with Gasteiger partial charge in [0.1, 0.15) is 11.6 Å². The predicted octanol–water partition coefficient (Wildman–Crippen LogP) is 3.80. The van der Waals surface area contributed by atoms with Crippen LogP contribution in [-0.4, -0.2) is 74.4 Å². The van der Waals surface area contributed by atoms with Gasteiger partial charge in [0.25, 0.3) is 0 Å². The topological polar surface area (TPSA) is 66.9 Å². The molecular formula is C28H44N4O3. The summed E-state index contributed by atoms with van der Waals surface area (Å²) in [6.45, 7) is 6.32. The highest BCUT2D eigenvalue weighted by Gasteiger charge is 2.28. The van der Waals surface area contributed by atoms with Gasteiger partial charge in [0, 0.05) is 63.9 Å². The molecule has 5 rings (SSSR count). The highest BCUT2D eigenvalue weighted by molar-refractivity contribution is 5.76. The van der Waals surface area contributed by atoms with Crippen molar-refractivity contribution in [2.24, 2.45) is 11.8 Å². The normalized spacial score (nSPS) is 29.5. The second-order valence-electron chi connectivity index (χ2n) is 11.2. The molecule has 194 valence electrons. The molecule has 2 aliphatic heterocycles. The van der Waals surface area contributed by atoms with Crippen LogP contribution in [-0.2, 0) is 16.0 Å². The largest absolute Gasteiger partial charge is 0.493 e. The molecule has 7 nitrogen and oxygen atoms in total. The Bertz CT molecular complexity index is 825. The summed E-state index contributed by atoms with van der Waals surface area (Å²) >= 11 is 0. The number of pyridine rings is 1. The first-order valence-corrected chi connectivity index (χ1v) is 14.1. The number of ether oxygens (including phenoxy) is 2. The van der Waals surface area contributed by atoms with Crippen LogP contribution >= 0.6 is 0 Å². The van der Waals surface area contributed by atoms with Crippen molar-refractivity contribution in [1.29, 1.82) is 0 Å². The predicted molar refractivity (Wildman–Crippen MR) is 138 cm³/mol. The molecule has 7 heteroatoms. The van der Waals surface area contributed by atoms with Gasteiger partial charge >= 0.3 is 0 Å². The third kappa shape index (κ3) is 6.48. The van der Waals surface area contributed by atoms with E-state index in [0.29, 0.717) is 24.5 Å². The Kier molecular flexibility index (Phi) is 8.45. The number of rotatable bonds is 8. The van der Waals surface area contributed by atoms with Crippen LogP contribution in [0.2, 0.25) is 0 Å².